The second-order valence-corrected chi connectivity index (χ2v) is 19.5. The second kappa shape index (κ2) is 13.9. The third kappa shape index (κ3) is 7.39. The summed E-state index contributed by atoms with van der Waals surface area (Å²) in [5.41, 5.74) is 5.02. The van der Waals surface area contributed by atoms with Crippen LogP contribution in [0.3, 0.4) is 0 Å². The first kappa shape index (κ1) is 36.9. The van der Waals surface area contributed by atoms with Gasteiger partial charge in [0.25, 0.3) is 0 Å². The molecule has 6 rings (SSSR count). The summed E-state index contributed by atoms with van der Waals surface area (Å²) >= 11 is 0. The number of phenolic OH excluding ortho intramolecular Hbond substituents is 2. The molecule has 0 heterocycles. The predicted molar refractivity (Wildman–Crippen MR) is 195 cm³/mol. The van der Waals surface area contributed by atoms with Gasteiger partial charge in [-0.05, 0) is 105 Å². The van der Waals surface area contributed by atoms with E-state index in [4.69, 9.17) is 0 Å². The zero-order valence-corrected chi connectivity index (χ0v) is 32.6. The summed E-state index contributed by atoms with van der Waals surface area (Å²) in [6.07, 6.45) is 9.80. The first-order valence-electron chi connectivity index (χ1n) is 16.0. The molecule has 0 saturated heterocycles. The van der Waals surface area contributed by atoms with Gasteiger partial charge < -0.3 is 10.2 Å². The van der Waals surface area contributed by atoms with E-state index in [9.17, 15) is 10.2 Å². The first-order valence-corrected chi connectivity index (χ1v) is 19.0. The maximum atomic E-state index is 10.4. The summed E-state index contributed by atoms with van der Waals surface area (Å²) in [6, 6.07) is 22.9. The number of fused-ring (bicyclic) bond motifs is 2. The molecule has 46 heavy (non-hydrogen) atoms. The summed E-state index contributed by atoms with van der Waals surface area (Å²) in [6.45, 7) is 23.5. The van der Waals surface area contributed by atoms with Crippen molar-refractivity contribution >= 4 is 29.6 Å². The Morgan fingerprint density at radius 1 is 0.500 bits per heavy atom. The fourth-order valence-corrected chi connectivity index (χ4v) is 10.1. The molecule has 2 saturated carbocycles. The Labute approximate surface area is 299 Å². The molecule has 0 aliphatic heterocycles. The van der Waals surface area contributed by atoms with Crippen molar-refractivity contribution in [3.05, 3.63) is 133 Å². The molecule has 0 spiro atoms. The van der Waals surface area contributed by atoms with E-state index in [1.165, 1.54) is 23.7 Å². The maximum absolute atomic E-state index is 10.4. The Morgan fingerprint density at radius 3 is 1.17 bits per heavy atom. The maximum Gasteiger partial charge on any atom is 2.00 e. The van der Waals surface area contributed by atoms with Gasteiger partial charge in [0.1, 0.15) is 11.5 Å². The van der Waals surface area contributed by atoms with Gasteiger partial charge in [0, 0.05) is 11.1 Å². The van der Waals surface area contributed by atoms with Crippen LogP contribution in [0.5, 0.6) is 11.5 Å². The van der Waals surface area contributed by atoms with Gasteiger partial charge in [-0.1, -0.05) is 129 Å². The summed E-state index contributed by atoms with van der Waals surface area (Å²) in [5, 5.41) is 24.8. The van der Waals surface area contributed by atoms with Crippen molar-refractivity contribution in [2.45, 2.75) is 68.5 Å². The van der Waals surface area contributed by atoms with E-state index in [2.05, 4.69) is 94.2 Å². The van der Waals surface area contributed by atoms with Gasteiger partial charge in [0.05, 0.1) is 8.07 Å². The monoisotopic (exact) mass is 702 g/mol. The third-order valence-electron chi connectivity index (χ3n) is 9.34. The van der Waals surface area contributed by atoms with Crippen LogP contribution in [0.4, 0.5) is 0 Å². The van der Waals surface area contributed by atoms with Crippen LogP contribution in [0.1, 0.15) is 55.4 Å². The van der Waals surface area contributed by atoms with E-state index < -0.39 is 8.07 Å². The van der Waals surface area contributed by atoms with Crippen molar-refractivity contribution in [3.8, 4) is 22.6 Å². The van der Waals surface area contributed by atoms with Gasteiger partial charge in [0.2, 0.25) is 0 Å². The molecular weight excluding hydrogens is 656 g/mol. The molecule has 0 amide bonds. The van der Waals surface area contributed by atoms with E-state index in [0.717, 1.165) is 21.5 Å². The SMILES string of the molecule is C[C]1[CH][C](C(C)(C)C)[CH][C]1[Si](C)(C)[C]1[CH][C](C(C)(C)C)[CH][C]1C.Oc1ccc2ccccc2c1-c1c(O)ccc2ccccc12.[Zr+2]. The van der Waals surface area contributed by atoms with Crippen LogP contribution in [0.2, 0.25) is 13.1 Å². The van der Waals surface area contributed by atoms with Crippen molar-refractivity contribution in [2.24, 2.45) is 10.8 Å². The number of rotatable bonds is 3. The predicted octanol–water partition coefficient (Wildman–Crippen LogP) is 11.3. The minimum atomic E-state index is -1.66. The van der Waals surface area contributed by atoms with Crippen LogP contribution >= 0.6 is 0 Å². The Morgan fingerprint density at radius 2 is 0.848 bits per heavy atom. The van der Waals surface area contributed by atoms with Crippen LogP contribution < -0.4 is 0 Å². The van der Waals surface area contributed by atoms with Crippen molar-refractivity contribution in [3.63, 3.8) is 0 Å². The number of hydrogen-bond donors (Lipinski definition) is 2. The minimum Gasteiger partial charge on any atom is -0.507 e. The molecular formula is C42H48O2SiZr+2. The van der Waals surface area contributed by atoms with Gasteiger partial charge >= 0.3 is 26.2 Å². The number of hydrogen-bond acceptors (Lipinski definition) is 2. The van der Waals surface area contributed by atoms with E-state index in [1.807, 2.05) is 60.7 Å². The minimum absolute atomic E-state index is 0. The van der Waals surface area contributed by atoms with Crippen molar-refractivity contribution in [2.75, 3.05) is 0 Å². The van der Waals surface area contributed by atoms with Crippen molar-refractivity contribution in [1.82, 2.24) is 0 Å². The molecule has 2 N–H and O–H groups in total. The van der Waals surface area contributed by atoms with E-state index >= 15 is 0 Å². The smallest absolute Gasteiger partial charge is 0.507 e. The molecule has 2 nitrogen and oxygen atoms in total. The first-order chi connectivity index (χ1) is 21.0. The molecule has 2 aliphatic carbocycles. The van der Waals surface area contributed by atoms with Crippen LogP contribution in [0, 0.1) is 71.3 Å². The molecule has 0 unspecified atom stereocenters. The number of phenols is 2. The summed E-state index contributed by atoms with van der Waals surface area (Å²) < 4.78 is 0. The molecule has 2 aliphatic rings. The molecule has 0 aromatic heterocycles. The number of aromatic hydroxyl groups is 2. The molecule has 10 radical (unpaired) electrons. The van der Waals surface area contributed by atoms with Crippen molar-refractivity contribution in [1.29, 1.82) is 0 Å². The summed E-state index contributed by atoms with van der Waals surface area (Å²) in [4.78, 5) is 0. The van der Waals surface area contributed by atoms with Gasteiger partial charge in [-0.2, -0.15) is 0 Å². The Bertz CT molecular complexity index is 1520. The molecule has 0 atom stereocenters. The molecule has 234 valence electrons. The van der Waals surface area contributed by atoms with E-state index in [0.29, 0.717) is 11.1 Å². The van der Waals surface area contributed by atoms with Gasteiger partial charge in [-0.15, -0.1) is 0 Å². The van der Waals surface area contributed by atoms with E-state index in [-0.39, 0.29) is 48.5 Å². The fourth-order valence-electron chi connectivity index (χ4n) is 6.65. The Balaban J connectivity index is 0.000000204. The van der Waals surface area contributed by atoms with E-state index in [1.54, 1.807) is 23.2 Å². The molecule has 4 aromatic rings. The second-order valence-electron chi connectivity index (χ2n) is 15.2. The van der Waals surface area contributed by atoms with Crippen LogP contribution in [-0.2, 0) is 26.2 Å². The zero-order valence-electron chi connectivity index (χ0n) is 29.1. The third-order valence-corrected chi connectivity index (χ3v) is 13.1. The standard InChI is InChI=1S/C22H34Si.C20H14O2.Zr/c1-15-11-17(21(3,4)5)13-19(15)23(9,10)20-14-18(12-16(20)2)22(6,7)8;21-17-11-9-13-5-1-3-7-15(13)19(17)20-16-8-4-2-6-14(16)10-12-18(20)22;/h11-14H,1-10H3;1-12,21-22H;/q;;+2. The Hall–Kier alpha value is -1.90. The van der Waals surface area contributed by atoms with Crippen molar-refractivity contribution < 1.29 is 36.4 Å². The van der Waals surface area contributed by atoms with Crippen LogP contribution in [0.15, 0.2) is 72.8 Å². The molecule has 4 heteroatoms. The average molecular weight is 704 g/mol. The fraction of sp³-hybridized carbons (Fsp3) is 0.286. The molecule has 2 fully saturated rings. The Kier molecular flexibility index (Phi) is 11.2. The average Bonchev–Trinajstić information content (AvgIpc) is 3.58. The van der Waals surface area contributed by atoms with Gasteiger partial charge in [-0.3, -0.25) is 0 Å². The number of benzene rings is 4. The largest absolute Gasteiger partial charge is 2.00 e. The normalized spacial score (nSPS) is 18.2. The van der Waals surface area contributed by atoms with Gasteiger partial charge in [-0.25, -0.2) is 0 Å². The molecule has 4 aromatic carbocycles. The zero-order chi connectivity index (χ0) is 32.9. The van der Waals surface area contributed by atoms with Gasteiger partial charge in [0.15, 0.2) is 0 Å². The summed E-state index contributed by atoms with van der Waals surface area (Å²) in [7, 11) is -1.66. The van der Waals surface area contributed by atoms with Crippen LogP contribution in [-0.4, -0.2) is 18.3 Å². The summed E-state index contributed by atoms with van der Waals surface area (Å²) in [5.74, 6) is 6.25. The quantitative estimate of drug-likeness (QED) is 0.209. The topological polar surface area (TPSA) is 40.5 Å². The molecule has 0 bridgehead atoms. The van der Waals surface area contributed by atoms with Crippen LogP contribution in [0.25, 0.3) is 32.7 Å².